The lowest BCUT2D eigenvalue weighted by atomic mass is 10.2. The van der Waals surface area contributed by atoms with Crippen LogP contribution in [0.1, 0.15) is 12.8 Å². The maximum Gasteiger partial charge on any atom is 0.221 e. The maximum absolute atomic E-state index is 11.3. The van der Waals surface area contributed by atoms with Crippen molar-refractivity contribution < 1.29 is 9.53 Å². The van der Waals surface area contributed by atoms with Gasteiger partial charge in [0.1, 0.15) is 0 Å². The van der Waals surface area contributed by atoms with Crippen molar-refractivity contribution in [3.05, 3.63) is 0 Å². The van der Waals surface area contributed by atoms with E-state index in [0.29, 0.717) is 26.1 Å². The van der Waals surface area contributed by atoms with Gasteiger partial charge >= 0.3 is 0 Å². The molecule has 0 aliphatic carbocycles. The quantitative estimate of drug-likeness (QED) is 0.490. The smallest absolute Gasteiger partial charge is 0.221 e. The highest BCUT2D eigenvalue weighted by molar-refractivity contribution is 5.76. The van der Waals surface area contributed by atoms with Gasteiger partial charge in [-0.05, 0) is 13.0 Å². The van der Waals surface area contributed by atoms with Crippen LogP contribution in [0.4, 0.5) is 0 Å². The standard InChI is InChI=1S/C9H19N3O2/c10-2-1-3-12-9(13)6-8-7-14-5-4-11-8/h8,11H,1-7,10H2,(H,12,13). The zero-order chi connectivity index (χ0) is 10.2. The summed E-state index contributed by atoms with van der Waals surface area (Å²) in [5.41, 5.74) is 5.32. The van der Waals surface area contributed by atoms with Crippen LogP contribution < -0.4 is 16.4 Å². The van der Waals surface area contributed by atoms with Crippen LogP contribution in [-0.2, 0) is 9.53 Å². The van der Waals surface area contributed by atoms with Gasteiger partial charge < -0.3 is 21.1 Å². The molecule has 14 heavy (non-hydrogen) atoms. The van der Waals surface area contributed by atoms with Crippen molar-refractivity contribution in [3.63, 3.8) is 0 Å². The van der Waals surface area contributed by atoms with Gasteiger partial charge in [-0.3, -0.25) is 4.79 Å². The van der Waals surface area contributed by atoms with Gasteiger partial charge in [0.2, 0.25) is 5.91 Å². The zero-order valence-corrected chi connectivity index (χ0v) is 8.42. The highest BCUT2D eigenvalue weighted by atomic mass is 16.5. The molecule has 0 saturated carbocycles. The Morgan fingerprint density at radius 3 is 3.14 bits per heavy atom. The van der Waals surface area contributed by atoms with Crippen LogP contribution in [0.2, 0.25) is 0 Å². The zero-order valence-electron chi connectivity index (χ0n) is 8.42. The molecule has 0 spiro atoms. The summed E-state index contributed by atoms with van der Waals surface area (Å²) < 4.78 is 5.25. The largest absolute Gasteiger partial charge is 0.378 e. The second kappa shape index (κ2) is 6.75. The first-order valence-corrected chi connectivity index (χ1v) is 5.11. The number of nitrogens with two attached hydrogens (primary N) is 1. The summed E-state index contributed by atoms with van der Waals surface area (Å²) in [7, 11) is 0. The van der Waals surface area contributed by atoms with Crippen LogP contribution >= 0.6 is 0 Å². The first-order chi connectivity index (χ1) is 6.83. The predicted molar refractivity (Wildman–Crippen MR) is 53.9 cm³/mol. The van der Waals surface area contributed by atoms with E-state index in [-0.39, 0.29) is 11.9 Å². The second-order valence-corrected chi connectivity index (χ2v) is 3.42. The Kier molecular flexibility index (Phi) is 5.51. The Labute approximate surface area is 84.4 Å². The van der Waals surface area contributed by atoms with Gasteiger partial charge in [-0.25, -0.2) is 0 Å². The first kappa shape index (κ1) is 11.4. The summed E-state index contributed by atoms with van der Waals surface area (Å²) in [5.74, 6) is 0.0708. The molecule has 1 aliphatic heterocycles. The van der Waals surface area contributed by atoms with Gasteiger partial charge in [0.25, 0.3) is 0 Å². The van der Waals surface area contributed by atoms with E-state index in [1.165, 1.54) is 0 Å². The van der Waals surface area contributed by atoms with Crippen LogP contribution in [0.25, 0.3) is 0 Å². The Morgan fingerprint density at radius 2 is 2.50 bits per heavy atom. The Hall–Kier alpha value is -0.650. The number of hydrogen-bond acceptors (Lipinski definition) is 4. The number of hydrogen-bond donors (Lipinski definition) is 3. The highest BCUT2D eigenvalue weighted by Crippen LogP contribution is 1.97. The fraction of sp³-hybridized carbons (Fsp3) is 0.889. The lowest BCUT2D eigenvalue weighted by Gasteiger charge is -2.23. The van der Waals surface area contributed by atoms with Crippen LogP contribution in [-0.4, -0.2) is 44.8 Å². The van der Waals surface area contributed by atoms with Gasteiger partial charge in [-0.1, -0.05) is 0 Å². The van der Waals surface area contributed by atoms with Crippen molar-refractivity contribution in [1.82, 2.24) is 10.6 Å². The molecule has 1 rings (SSSR count). The Balaban J connectivity index is 2.06. The fourth-order valence-electron chi connectivity index (χ4n) is 1.38. The topological polar surface area (TPSA) is 76.4 Å². The van der Waals surface area contributed by atoms with Crippen molar-refractivity contribution in [3.8, 4) is 0 Å². The first-order valence-electron chi connectivity index (χ1n) is 5.11. The summed E-state index contributed by atoms with van der Waals surface area (Å²) in [6, 6.07) is 0.168. The molecule has 1 saturated heterocycles. The Bertz CT molecular complexity index is 169. The third kappa shape index (κ3) is 4.55. The van der Waals surface area contributed by atoms with E-state index < -0.39 is 0 Å². The molecule has 1 atom stereocenters. The van der Waals surface area contributed by atoms with Gasteiger partial charge in [0.15, 0.2) is 0 Å². The maximum atomic E-state index is 11.3. The van der Waals surface area contributed by atoms with E-state index >= 15 is 0 Å². The summed E-state index contributed by atoms with van der Waals surface area (Å²) in [5, 5.41) is 6.05. The third-order valence-corrected chi connectivity index (χ3v) is 2.13. The molecule has 0 aromatic rings. The Morgan fingerprint density at radius 1 is 1.64 bits per heavy atom. The van der Waals surface area contributed by atoms with Crippen molar-refractivity contribution in [1.29, 1.82) is 0 Å². The molecule has 1 heterocycles. The minimum absolute atomic E-state index is 0.0708. The van der Waals surface area contributed by atoms with Gasteiger partial charge in [-0.2, -0.15) is 0 Å². The average Bonchev–Trinajstić information content (AvgIpc) is 2.20. The van der Waals surface area contributed by atoms with Crippen LogP contribution in [0, 0.1) is 0 Å². The molecule has 1 fully saturated rings. The van der Waals surface area contributed by atoms with Crippen molar-refractivity contribution in [2.75, 3.05) is 32.8 Å². The fourth-order valence-corrected chi connectivity index (χ4v) is 1.38. The van der Waals surface area contributed by atoms with Crippen LogP contribution in [0.15, 0.2) is 0 Å². The lowest BCUT2D eigenvalue weighted by Crippen LogP contribution is -2.44. The molecule has 0 aromatic heterocycles. The SMILES string of the molecule is NCCCNC(=O)CC1COCCN1. The van der Waals surface area contributed by atoms with Gasteiger partial charge in [-0.15, -0.1) is 0 Å². The molecule has 4 N–H and O–H groups in total. The molecule has 1 amide bonds. The monoisotopic (exact) mass is 201 g/mol. The normalized spacial score (nSPS) is 21.9. The van der Waals surface area contributed by atoms with Gasteiger partial charge in [0, 0.05) is 25.6 Å². The van der Waals surface area contributed by atoms with E-state index in [0.717, 1.165) is 19.6 Å². The van der Waals surface area contributed by atoms with Gasteiger partial charge in [0.05, 0.1) is 13.2 Å². The number of nitrogens with one attached hydrogen (secondary N) is 2. The van der Waals surface area contributed by atoms with Crippen LogP contribution in [0.3, 0.4) is 0 Å². The summed E-state index contributed by atoms with van der Waals surface area (Å²) >= 11 is 0. The molecule has 0 bridgehead atoms. The molecule has 1 aliphatic rings. The van der Waals surface area contributed by atoms with E-state index in [4.69, 9.17) is 10.5 Å². The highest BCUT2D eigenvalue weighted by Gasteiger charge is 2.16. The van der Waals surface area contributed by atoms with Crippen molar-refractivity contribution >= 4 is 5.91 Å². The lowest BCUT2D eigenvalue weighted by molar-refractivity contribution is -0.122. The van der Waals surface area contributed by atoms with Crippen molar-refractivity contribution in [2.24, 2.45) is 5.73 Å². The number of carbonyl (C=O) groups is 1. The number of amides is 1. The minimum Gasteiger partial charge on any atom is -0.378 e. The molecule has 0 aromatic carbocycles. The number of rotatable bonds is 5. The van der Waals surface area contributed by atoms with E-state index in [9.17, 15) is 4.79 Å². The summed E-state index contributed by atoms with van der Waals surface area (Å²) in [6.45, 7) is 3.49. The third-order valence-electron chi connectivity index (χ3n) is 2.13. The molecule has 1 unspecified atom stereocenters. The van der Waals surface area contributed by atoms with Crippen LogP contribution in [0.5, 0.6) is 0 Å². The minimum atomic E-state index is 0.0708. The second-order valence-electron chi connectivity index (χ2n) is 3.42. The van der Waals surface area contributed by atoms with E-state index in [1.54, 1.807) is 0 Å². The van der Waals surface area contributed by atoms with E-state index in [2.05, 4.69) is 10.6 Å². The number of morpholine rings is 1. The molecule has 5 nitrogen and oxygen atoms in total. The summed E-state index contributed by atoms with van der Waals surface area (Å²) in [4.78, 5) is 11.3. The molecule has 82 valence electrons. The van der Waals surface area contributed by atoms with Crippen molar-refractivity contribution in [2.45, 2.75) is 18.9 Å². The number of carbonyl (C=O) groups excluding carboxylic acids is 1. The van der Waals surface area contributed by atoms with E-state index in [1.807, 2.05) is 0 Å². The predicted octanol–water partition coefficient (Wildman–Crippen LogP) is -1.17. The molecular weight excluding hydrogens is 182 g/mol. The molecule has 0 radical (unpaired) electrons. The summed E-state index contributed by atoms with van der Waals surface area (Å²) in [6.07, 6.45) is 1.32. The number of ether oxygens (including phenoxy) is 1. The average molecular weight is 201 g/mol. The molecule has 5 heteroatoms. The molecular formula is C9H19N3O2.